The second kappa shape index (κ2) is 9.20. The molecule has 0 spiro atoms. The molecule has 43 heavy (non-hydrogen) atoms. The van der Waals surface area contributed by atoms with Crippen LogP contribution in [0.2, 0.25) is 0 Å². The summed E-state index contributed by atoms with van der Waals surface area (Å²) in [5.74, 6) is 0. The summed E-state index contributed by atoms with van der Waals surface area (Å²) in [6, 6.07) is 56.7. The normalized spacial score (nSPS) is 15.5. The van der Waals surface area contributed by atoms with Gasteiger partial charge < -0.3 is 9.73 Å². The molecule has 1 heterocycles. The van der Waals surface area contributed by atoms with Gasteiger partial charge in [-0.2, -0.15) is 0 Å². The van der Waals surface area contributed by atoms with Gasteiger partial charge in [-0.1, -0.05) is 121 Å². The van der Waals surface area contributed by atoms with Crippen molar-refractivity contribution in [2.75, 3.05) is 5.32 Å². The molecule has 0 radical (unpaired) electrons. The van der Waals surface area contributed by atoms with Crippen LogP contribution in [0, 0.1) is 0 Å². The molecule has 8 aromatic rings. The first-order chi connectivity index (χ1) is 21.3. The molecule has 0 saturated carbocycles. The predicted octanol–water partition coefficient (Wildman–Crippen LogP) is 10.8. The zero-order valence-electron chi connectivity index (χ0n) is 23.4. The smallest absolute Gasteiger partial charge is 0.135 e. The van der Waals surface area contributed by atoms with E-state index in [9.17, 15) is 0 Å². The Morgan fingerprint density at radius 3 is 2.09 bits per heavy atom. The molecule has 1 N–H and O–H groups in total. The molecule has 1 aliphatic rings. The Balaban J connectivity index is 1.32. The van der Waals surface area contributed by atoms with E-state index in [1.165, 1.54) is 44.2 Å². The van der Waals surface area contributed by atoms with E-state index >= 15 is 0 Å². The summed E-state index contributed by atoms with van der Waals surface area (Å²) in [5.41, 5.74) is 11.0. The maximum atomic E-state index is 6.47. The highest BCUT2D eigenvalue weighted by Crippen LogP contribution is 2.57. The number of rotatable bonds is 4. The number of anilines is 2. The van der Waals surface area contributed by atoms with E-state index in [0.29, 0.717) is 0 Å². The number of hydrogen-bond donors (Lipinski definition) is 1. The van der Waals surface area contributed by atoms with Crippen molar-refractivity contribution in [3.63, 3.8) is 0 Å². The first-order valence-corrected chi connectivity index (χ1v) is 14.8. The first-order valence-electron chi connectivity index (χ1n) is 14.8. The summed E-state index contributed by atoms with van der Waals surface area (Å²) in [5, 5.41) is 8.48. The molecule has 7 aromatic carbocycles. The van der Waals surface area contributed by atoms with Gasteiger partial charge >= 0.3 is 0 Å². The van der Waals surface area contributed by atoms with Gasteiger partial charge in [-0.25, -0.2) is 0 Å². The molecule has 0 fully saturated rings. The minimum Gasteiger partial charge on any atom is -0.456 e. The van der Waals surface area contributed by atoms with Crippen molar-refractivity contribution < 1.29 is 4.42 Å². The lowest BCUT2D eigenvalue weighted by Gasteiger charge is -2.34. The average Bonchev–Trinajstić information content (AvgIpc) is 3.57. The van der Waals surface area contributed by atoms with Crippen molar-refractivity contribution in [2.45, 2.75) is 5.41 Å². The number of hydrogen-bond acceptors (Lipinski definition) is 2. The summed E-state index contributed by atoms with van der Waals surface area (Å²) >= 11 is 0. The predicted molar refractivity (Wildman–Crippen MR) is 178 cm³/mol. The SMILES string of the molecule is c1ccc(C2(c3cccc(Nc4cccc5ccccc45)c3)c3ccccc3-c3cc4c(cc32)oc2ccccc24)cc1. The lowest BCUT2D eigenvalue weighted by atomic mass is 9.67. The Hall–Kier alpha value is -5.60. The third-order valence-corrected chi connectivity index (χ3v) is 9.11. The van der Waals surface area contributed by atoms with Crippen LogP contribution in [0.1, 0.15) is 22.3 Å². The van der Waals surface area contributed by atoms with Gasteiger partial charge in [0.05, 0.1) is 5.41 Å². The second-order valence-electron chi connectivity index (χ2n) is 11.4. The molecule has 1 aliphatic carbocycles. The van der Waals surface area contributed by atoms with Crippen LogP contribution in [0.15, 0.2) is 162 Å². The number of benzene rings is 7. The molecule has 9 rings (SSSR count). The molecule has 2 nitrogen and oxygen atoms in total. The van der Waals surface area contributed by atoms with Gasteiger partial charge in [0, 0.05) is 27.5 Å². The average molecular weight is 550 g/mol. The summed E-state index contributed by atoms with van der Waals surface area (Å²) in [7, 11) is 0. The van der Waals surface area contributed by atoms with Crippen LogP contribution in [0.3, 0.4) is 0 Å². The Bertz CT molecular complexity index is 2330. The van der Waals surface area contributed by atoms with Gasteiger partial charge in [-0.05, 0) is 75.2 Å². The topological polar surface area (TPSA) is 25.2 Å². The maximum Gasteiger partial charge on any atom is 0.135 e. The molecule has 0 aliphatic heterocycles. The summed E-state index contributed by atoms with van der Waals surface area (Å²) in [4.78, 5) is 0. The summed E-state index contributed by atoms with van der Waals surface area (Å²) < 4.78 is 6.47. The van der Waals surface area contributed by atoms with E-state index in [4.69, 9.17) is 4.42 Å². The molecule has 0 amide bonds. The second-order valence-corrected chi connectivity index (χ2v) is 11.4. The van der Waals surface area contributed by atoms with Crippen LogP contribution in [-0.2, 0) is 5.41 Å². The van der Waals surface area contributed by atoms with Crippen molar-refractivity contribution in [2.24, 2.45) is 0 Å². The molecule has 0 saturated heterocycles. The third-order valence-electron chi connectivity index (χ3n) is 9.11. The molecule has 0 bridgehead atoms. The molecule has 1 atom stereocenters. The molecular formula is C41H27NO. The van der Waals surface area contributed by atoms with Gasteiger partial charge in [-0.15, -0.1) is 0 Å². The van der Waals surface area contributed by atoms with Crippen molar-refractivity contribution >= 4 is 44.1 Å². The quantitative estimate of drug-likeness (QED) is 0.236. The van der Waals surface area contributed by atoms with Crippen molar-refractivity contribution in [1.82, 2.24) is 0 Å². The molecule has 2 heteroatoms. The number of fused-ring (bicyclic) bond motifs is 7. The van der Waals surface area contributed by atoms with Gasteiger partial charge in [0.2, 0.25) is 0 Å². The molecule has 1 unspecified atom stereocenters. The van der Waals surface area contributed by atoms with Crippen LogP contribution in [0.25, 0.3) is 43.8 Å². The highest BCUT2D eigenvalue weighted by atomic mass is 16.3. The molecular weight excluding hydrogens is 522 g/mol. The van der Waals surface area contributed by atoms with Gasteiger partial charge in [0.1, 0.15) is 11.2 Å². The lowest BCUT2D eigenvalue weighted by molar-refractivity contribution is 0.666. The maximum absolute atomic E-state index is 6.47. The Morgan fingerprint density at radius 1 is 0.442 bits per heavy atom. The lowest BCUT2D eigenvalue weighted by Crippen LogP contribution is -2.28. The van der Waals surface area contributed by atoms with Crippen LogP contribution in [0.5, 0.6) is 0 Å². The molecule has 202 valence electrons. The fourth-order valence-electron chi connectivity index (χ4n) is 7.29. The zero-order chi connectivity index (χ0) is 28.4. The minimum atomic E-state index is -0.517. The number of nitrogens with one attached hydrogen (secondary N) is 1. The van der Waals surface area contributed by atoms with Gasteiger partial charge in [-0.3, -0.25) is 0 Å². The Kier molecular flexibility index (Phi) is 5.15. The van der Waals surface area contributed by atoms with E-state index < -0.39 is 5.41 Å². The fourth-order valence-corrected chi connectivity index (χ4v) is 7.29. The van der Waals surface area contributed by atoms with Crippen molar-refractivity contribution in [3.8, 4) is 11.1 Å². The summed E-state index contributed by atoms with van der Waals surface area (Å²) in [6.07, 6.45) is 0. The van der Waals surface area contributed by atoms with Gasteiger partial charge in [0.15, 0.2) is 0 Å². The van der Waals surface area contributed by atoms with E-state index in [0.717, 1.165) is 33.3 Å². The van der Waals surface area contributed by atoms with Crippen LogP contribution < -0.4 is 5.32 Å². The van der Waals surface area contributed by atoms with E-state index in [1.54, 1.807) is 0 Å². The largest absolute Gasteiger partial charge is 0.456 e. The van der Waals surface area contributed by atoms with Gasteiger partial charge in [0.25, 0.3) is 0 Å². The summed E-state index contributed by atoms with van der Waals surface area (Å²) in [6.45, 7) is 0. The first kappa shape index (κ1) is 24.0. The van der Waals surface area contributed by atoms with Crippen LogP contribution >= 0.6 is 0 Å². The Morgan fingerprint density at radius 2 is 1.16 bits per heavy atom. The monoisotopic (exact) mass is 549 g/mol. The Labute approximate surface area is 249 Å². The highest BCUT2D eigenvalue weighted by Gasteiger charge is 2.46. The minimum absolute atomic E-state index is 0.517. The fraction of sp³-hybridized carbons (Fsp3) is 0.0244. The molecule has 1 aromatic heterocycles. The van der Waals surface area contributed by atoms with E-state index in [2.05, 4.69) is 157 Å². The number of para-hydroxylation sites is 1. The van der Waals surface area contributed by atoms with Crippen LogP contribution in [0.4, 0.5) is 11.4 Å². The third kappa shape index (κ3) is 3.47. The zero-order valence-corrected chi connectivity index (χ0v) is 23.4. The van der Waals surface area contributed by atoms with Crippen molar-refractivity contribution in [1.29, 1.82) is 0 Å². The number of furan rings is 1. The highest BCUT2D eigenvalue weighted by molar-refractivity contribution is 6.08. The van der Waals surface area contributed by atoms with Crippen LogP contribution in [-0.4, -0.2) is 0 Å². The van der Waals surface area contributed by atoms with E-state index in [1.807, 2.05) is 6.07 Å². The van der Waals surface area contributed by atoms with E-state index in [-0.39, 0.29) is 0 Å². The standard InChI is InChI=1S/C41H27NO/c1-2-14-28(15-3-1)41(29-16-11-17-30(24-29)42-38-22-10-13-27-12-4-5-18-31(27)38)36-21-8-6-19-32(36)34-25-35-33-20-7-9-23-39(33)43-40(35)26-37(34)41/h1-26,42H. The van der Waals surface area contributed by atoms with Crippen molar-refractivity contribution in [3.05, 3.63) is 180 Å².